The molecule has 134 valence electrons. The molecule has 2 aromatic rings. The van der Waals surface area contributed by atoms with Crippen molar-refractivity contribution in [2.75, 3.05) is 29.9 Å². The second-order valence-electron chi connectivity index (χ2n) is 6.06. The van der Waals surface area contributed by atoms with E-state index in [0.29, 0.717) is 11.4 Å². The Kier molecular flexibility index (Phi) is 5.55. The van der Waals surface area contributed by atoms with Crippen LogP contribution in [0.15, 0.2) is 41.0 Å². The van der Waals surface area contributed by atoms with Crippen molar-refractivity contribution in [1.29, 1.82) is 0 Å². The standard InChI is InChI=1S/C18H22FN3O3/c19-13-6-7-16(22-8-2-1-3-9-22)14(11-13)20-18(24)21-15(12-23)17-5-4-10-25-17/h4-7,10-11,15,23H,1-3,8-9,12H2,(H2,20,21,24). The largest absolute Gasteiger partial charge is 0.467 e. The van der Waals surface area contributed by atoms with E-state index >= 15 is 0 Å². The van der Waals surface area contributed by atoms with Gasteiger partial charge in [-0.2, -0.15) is 0 Å². The van der Waals surface area contributed by atoms with Crippen molar-refractivity contribution in [1.82, 2.24) is 5.32 Å². The lowest BCUT2D eigenvalue weighted by Gasteiger charge is -2.30. The second-order valence-corrected chi connectivity index (χ2v) is 6.06. The predicted molar refractivity (Wildman–Crippen MR) is 93.2 cm³/mol. The first-order valence-electron chi connectivity index (χ1n) is 8.43. The third-order valence-electron chi connectivity index (χ3n) is 4.28. The number of piperidine rings is 1. The Morgan fingerprint density at radius 1 is 1.28 bits per heavy atom. The number of hydrogen-bond acceptors (Lipinski definition) is 4. The van der Waals surface area contributed by atoms with Crippen LogP contribution in [0.4, 0.5) is 20.6 Å². The SMILES string of the molecule is O=C(Nc1cc(F)ccc1N1CCCCC1)NC(CO)c1ccco1. The van der Waals surface area contributed by atoms with Gasteiger partial charge in [-0.05, 0) is 49.6 Å². The molecule has 2 heterocycles. The van der Waals surface area contributed by atoms with E-state index in [9.17, 15) is 14.3 Å². The zero-order valence-corrected chi connectivity index (χ0v) is 13.9. The minimum Gasteiger partial charge on any atom is -0.467 e. The zero-order chi connectivity index (χ0) is 17.6. The van der Waals surface area contributed by atoms with Gasteiger partial charge in [-0.25, -0.2) is 9.18 Å². The molecule has 3 rings (SSSR count). The van der Waals surface area contributed by atoms with Gasteiger partial charge in [-0.1, -0.05) is 0 Å². The molecule has 1 aromatic carbocycles. The number of benzene rings is 1. The summed E-state index contributed by atoms with van der Waals surface area (Å²) in [6, 6.07) is 6.55. The number of aliphatic hydroxyl groups is 1. The summed E-state index contributed by atoms with van der Waals surface area (Å²) >= 11 is 0. The molecule has 7 heteroatoms. The van der Waals surface area contributed by atoms with E-state index in [-0.39, 0.29) is 6.61 Å². The molecule has 1 saturated heterocycles. The van der Waals surface area contributed by atoms with Crippen LogP contribution in [0, 0.1) is 5.82 Å². The molecule has 0 spiro atoms. The maximum atomic E-state index is 13.7. The summed E-state index contributed by atoms with van der Waals surface area (Å²) in [7, 11) is 0. The molecular formula is C18H22FN3O3. The lowest BCUT2D eigenvalue weighted by Crippen LogP contribution is -2.35. The van der Waals surface area contributed by atoms with Gasteiger partial charge < -0.3 is 25.1 Å². The highest BCUT2D eigenvalue weighted by Gasteiger charge is 2.19. The van der Waals surface area contributed by atoms with Crippen molar-refractivity contribution in [3.63, 3.8) is 0 Å². The normalized spacial score (nSPS) is 15.7. The van der Waals surface area contributed by atoms with Crippen molar-refractivity contribution >= 4 is 17.4 Å². The first-order chi connectivity index (χ1) is 12.2. The molecule has 25 heavy (non-hydrogen) atoms. The summed E-state index contributed by atoms with van der Waals surface area (Å²) in [4.78, 5) is 14.5. The average Bonchev–Trinajstić information content (AvgIpc) is 3.15. The molecule has 0 saturated carbocycles. The molecule has 3 N–H and O–H groups in total. The summed E-state index contributed by atoms with van der Waals surface area (Å²) in [5.41, 5.74) is 1.21. The molecule has 1 aromatic heterocycles. The van der Waals surface area contributed by atoms with Crippen molar-refractivity contribution in [2.45, 2.75) is 25.3 Å². The van der Waals surface area contributed by atoms with E-state index in [1.54, 1.807) is 18.2 Å². The number of hydrogen-bond donors (Lipinski definition) is 3. The van der Waals surface area contributed by atoms with Crippen LogP contribution in [0.5, 0.6) is 0 Å². The maximum absolute atomic E-state index is 13.7. The number of nitrogens with one attached hydrogen (secondary N) is 2. The van der Waals surface area contributed by atoms with Gasteiger partial charge in [0.15, 0.2) is 0 Å². The highest BCUT2D eigenvalue weighted by Crippen LogP contribution is 2.29. The summed E-state index contributed by atoms with van der Waals surface area (Å²) in [5.74, 6) is 0.0361. The van der Waals surface area contributed by atoms with Gasteiger partial charge in [0.1, 0.15) is 17.6 Å². The molecule has 1 fully saturated rings. The molecule has 1 unspecified atom stereocenters. The molecule has 6 nitrogen and oxygen atoms in total. The summed E-state index contributed by atoms with van der Waals surface area (Å²) in [6.45, 7) is 1.46. The molecule has 1 aliphatic heterocycles. The Morgan fingerprint density at radius 2 is 2.08 bits per heavy atom. The molecule has 2 amide bonds. The van der Waals surface area contributed by atoms with Crippen LogP contribution in [0.25, 0.3) is 0 Å². The third kappa shape index (κ3) is 4.30. The number of aliphatic hydroxyl groups excluding tert-OH is 1. The van der Waals surface area contributed by atoms with Gasteiger partial charge >= 0.3 is 6.03 Å². The van der Waals surface area contributed by atoms with Crippen molar-refractivity contribution < 1.29 is 18.7 Å². The van der Waals surface area contributed by atoms with Crippen LogP contribution in [0.2, 0.25) is 0 Å². The van der Waals surface area contributed by atoms with Gasteiger partial charge in [-0.15, -0.1) is 0 Å². The van der Waals surface area contributed by atoms with Crippen molar-refractivity contribution in [3.8, 4) is 0 Å². The zero-order valence-electron chi connectivity index (χ0n) is 13.9. The monoisotopic (exact) mass is 347 g/mol. The van der Waals surface area contributed by atoms with Crippen LogP contribution in [-0.4, -0.2) is 30.8 Å². The smallest absolute Gasteiger partial charge is 0.319 e. The van der Waals surface area contributed by atoms with E-state index in [0.717, 1.165) is 31.6 Å². The Balaban J connectivity index is 1.72. The van der Waals surface area contributed by atoms with E-state index < -0.39 is 17.9 Å². The predicted octanol–water partition coefficient (Wildman–Crippen LogP) is 3.26. The van der Waals surface area contributed by atoms with Gasteiger partial charge in [0.25, 0.3) is 0 Å². The van der Waals surface area contributed by atoms with Crippen LogP contribution < -0.4 is 15.5 Å². The Bertz CT molecular complexity index is 700. The van der Waals surface area contributed by atoms with Crippen LogP contribution in [-0.2, 0) is 0 Å². The van der Waals surface area contributed by atoms with Crippen LogP contribution >= 0.6 is 0 Å². The number of anilines is 2. The lowest BCUT2D eigenvalue weighted by molar-refractivity contribution is 0.215. The van der Waals surface area contributed by atoms with Gasteiger partial charge in [0.05, 0.1) is 24.2 Å². The Morgan fingerprint density at radius 3 is 2.76 bits per heavy atom. The van der Waals surface area contributed by atoms with E-state index in [2.05, 4.69) is 15.5 Å². The summed E-state index contributed by atoms with van der Waals surface area (Å²) < 4.78 is 18.9. The number of halogens is 1. The molecule has 1 aliphatic rings. The number of nitrogens with zero attached hydrogens (tertiary/aromatic N) is 1. The van der Waals surface area contributed by atoms with Crippen molar-refractivity contribution in [2.24, 2.45) is 0 Å². The number of amides is 2. The van der Waals surface area contributed by atoms with Gasteiger partial charge in [-0.3, -0.25) is 0 Å². The second kappa shape index (κ2) is 8.02. The highest BCUT2D eigenvalue weighted by atomic mass is 19.1. The molecule has 0 bridgehead atoms. The van der Waals surface area contributed by atoms with E-state index in [1.807, 2.05) is 0 Å². The molecule has 0 radical (unpaired) electrons. The quantitative estimate of drug-likeness (QED) is 0.776. The fourth-order valence-electron chi connectivity index (χ4n) is 3.03. The topological polar surface area (TPSA) is 77.7 Å². The first-order valence-corrected chi connectivity index (χ1v) is 8.43. The number of carbonyl (C=O) groups excluding carboxylic acids is 1. The fraction of sp³-hybridized carbons (Fsp3) is 0.389. The lowest BCUT2D eigenvalue weighted by atomic mass is 10.1. The molecule has 0 aliphatic carbocycles. The number of furan rings is 1. The van der Waals surface area contributed by atoms with Crippen molar-refractivity contribution in [3.05, 3.63) is 48.2 Å². The van der Waals surface area contributed by atoms with Crippen LogP contribution in [0.1, 0.15) is 31.1 Å². The van der Waals surface area contributed by atoms with E-state index in [4.69, 9.17) is 4.42 Å². The minimum atomic E-state index is -0.665. The average molecular weight is 347 g/mol. The van der Waals surface area contributed by atoms with Crippen LogP contribution in [0.3, 0.4) is 0 Å². The molecular weight excluding hydrogens is 325 g/mol. The minimum absolute atomic E-state index is 0.303. The number of rotatable bonds is 5. The first kappa shape index (κ1) is 17.3. The van der Waals surface area contributed by atoms with Gasteiger partial charge in [0, 0.05) is 13.1 Å². The highest BCUT2D eigenvalue weighted by molar-refractivity contribution is 5.93. The fourth-order valence-corrected chi connectivity index (χ4v) is 3.03. The van der Waals surface area contributed by atoms with Gasteiger partial charge in [0.2, 0.25) is 0 Å². The summed E-state index contributed by atoms with van der Waals surface area (Å²) in [6.07, 6.45) is 4.81. The number of urea groups is 1. The van der Waals surface area contributed by atoms with E-state index in [1.165, 1.54) is 24.8 Å². The Labute approximate surface area is 145 Å². The summed E-state index contributed by atoms with van der Waals surface area (Å²) in [5, 5.41) is 14.8. The Hall–Kier alpha value is -2.54. The number of carbonyl (C=O) groups is 1. The third-order valence-corrected chi connectivity index (χ3v) is 4.28. The molecule has 1 atom stereocenters. The maximum Gasteiger partial charge on any atom is 0.319 e.